The van der Waals surface area contributed by atoms with Crippen molar-refractivity contribution >= 4 is 11.8 Å². The zero-order valence-electron chi connectivity index (χ0n) is 14.6. The van der Waals surface area contributed by atoms with Gasteiger partial charge in [0.15, 0.2) is 0 Å². The Hall–Kier alpha value is -1.88. The zero-order valence-corrected chi connectivity index (χ0v) is 14.6. The highest BCUT2D eigenvalue weighted by Gasteiger charge is 2.37. The monoisotopic (exact) mass is 334 g/mol. The van der Waals surface area contributed by atoms with Gasteiger partial charge in [0.1, 0.15) is 11.5 Å². The predicted molar refractivity (Wildman–Crippen MR) is 89.7 cm³/mol. The summed E-state index contributed by atoms with van der Waals surface area (Å²) in [4.78, 5) is 24.3. The van der Waals surface area contributed by atoms with E-state index in [-0.39, 0.29) is 17.7 Å². The van der Waals surface area contributed by atoms with Crippen LogP contribution in [0.3, 0.4) is 0 Å². The van der Waals surface area contributed by atoms with E-state index < -0.39 is 12.0 Å². The number of ether oxygens (including phenoxy) is 3. The van der Waals surface area contributed by atoms with Gasteiger partial charge in [0.25, 0.3) is 0 Å². The van der Waals surface area contributed by atoms with Crippen LogP contribution in [0.25, 0.3) is 0 Å². The first kappa shape index (κ1) is 18.5. The third kappa shape index (κ3) is 4.57. The minimum Gasteiger partial charge on any atom is -0.497 e. The molecule has 0 aromatic heterocycles. The van der Waals surface area contributed by atoms with Gasteiger partial charge in [-0.2, -0.15) is 0 Å². The van der Waals surface area contributed by atoms with Gasteiger partial charge < -0.3 is 14.2 Å². The Labute approximate surface area is 143 Å². The highest BCUT2D eigenvalue weighted by Crippen LogP contribution is 2.30. The number of methoxy groups -OCH3 is 2. The number of hydrogen-bond acceptors (Lipinski definition) is 5. The van der Waals surface area contributed by atoms with Gasteiger partial charge in [-0.3, -0.25) is 9.59 Å². The van der Waals surface area contributed by atoms with E-state index in [1.807, 2.05) is 24.3 Å². The summed E-state index contributed by atoms with van der Waals surface area (Å²) in [6.45, 7) is 2.12. The molecule has 132 valence electrons. The maximum atomic E-state index is 12.3. The van der Waals surface area contributed by atoms with Crippen LogP contribution in [-0.4, -0.2) is 32.1 Å². The number of carbonyl (C=O) groups is 2. The molecule has 1 aromatic carbocycles. The second-order valence-corrected chi connectivity index (χ2v) is 6.25. The van der Waals surface area contributed by atoms with Gasteiger partial charge in [-0.1, -0.05) is 18.6 Å². The van der Waals surface area contributed by atoms with Crippen LogP contribution in [0.2, 0.25) is 0 Å². The van der Waals surface area contributed by atoms with Crippen molar-refractivity contribution in [2.45, 2.75) is 45.3 Å². The first-order chi connectivity index (χ1) is 11.6. The van der Waals surface area contributed by atoms with Crippen molar-refractivity contribution in [1.82, 2.24) is 0 Å². The van der Waals surface area contributed by atoms with Crippen molar-refractivity contribution in [3.8, 4) is 5.75 Å². The maximum Gasteiger partial charge on any atom is 0.311 e. The molecule has 2 rings (SSSR count). The van der Waals surface area contributed by atoms with Crippen molar-refractivity contribution in [3.63, 3.8) is 0 Å². The van der Waals surface area contributed by atoms with Gasteiger partial charge in [-0.05, 0) is 37.5 Å². The normalized spacial score (nSPS) is 20.3. The Kier molecular flexibility index (Phi) is 6.79. The van der Waals surface area contributed by atoms with Gasteiger partial charge in [0.05, 0.1) is 32.8 Å². The molecule has 3 atom stereocenters. The van der Waals surface area contributed by atoms with Crippen LogP contribution in [0.1, 0.15) is 38.2 Å². The van der Waals surface area contributed by atoms with Crippen LogP contribution < -0.4 is 4.74 Å². The van der Waals surface area contributed by atoms with Gasteiger partial charge in [0, 0.05) is 12.3 Å². The number of Topliss-reactive ketones (excluding diaryl/α,β-unsaturated/α-hetero) is 1. The lowest BCUT2D eigenvalue weighted by atomic mass is 9.79. The number of hydrogen-bond donors (Lipinski definition) is 0. The number of ketones is 1. The topological polar surface area (TPSA) is 61.8 Å². The number of rotatable bonds is 7. The molecule has 1 aromatic rings. The summed E-state index contributed by atoms with van der Waals surface area (Å²) >= 11 is 0. The lowest BCUT2D eigenvalue weighted by molar-refractivity contribution is -0.155. The molecule has 0 saturated heterocycles. The fourth-order valence-electron chi connectivity index (χ4n) is 3.20. The molecule has 1 unspecified atom stereocenters. The molecule has 1 saturated carbocycles. The Balaban J connectivity index is 2.09. The van der Waals surface area contributed by atoms with E-state index in [2.05, 4.69) is 0 Å². The highest BCUT2D eigenvalue weighted by molar-refractivity contribution is 5.83. The summed E-state index contributed by atoms with van der Waals surface area (Å²) in [6.07, 6.45) is 2.81. The van der Waals surface area contributed by atoms with E-state index in [0.29, 0.717) is 13.0 Å². The molecule has 0 aliphatic heterocycles. The SMILES string of the molecule is COC(=O)[C@@H](C)[C@H](OCc1ccc(OC)cc1)C1CCCCC1=O. The van der Waals surface area contributed by atoms with Crippen molar-refractivity contribution in [1.29, 1.82) is 0 Å². The number of carbonyl (C=O) groups excluding carboxylic acids is 2. The fourth-order valence-corrected chi connectivity index (χ4v) is 3.20. The van der Waals surface area contributed by atoms with Crippen molar-refractivity contribution < 1.29 is 23.8 Å². The lowest BCUT2D eigenvalue weighted by Gasteiger charge is -2.32. The van der Waals surface area contributed by atoms with Crippen molar-refractivity contribution in [2.24, 2.45) is 11.8 Å². The van der Waals surface area contributed by atoms with Crippen LogP contribution >= 0.6 is 0 Å². The van der Waals surface area contributed by atoms with E-state index in [0.717, 1.165) is 30.6 Å². The van der Waals surface area contributed by atoms with Crippen LogP contribution in [0.5, 0.6) is 5.75 Å². The predicted octanol–water partition coefficient (Wildman–Crippen LogP) is 3.15. The summed E-state index contributed by atoms with van der Waals surface area (Å²) < 4.78 is 16.0. The number of benzene rings is 1. The van der Waals surface area contributed by atoms with Crippen molar-refractivity contribution in [2.75, 3.05) is 14.2 Å². The summed E-state index contributed by atoms with van der Waals surface area (Å²) in [7, 11) is 2.98. The maximum absolute atomic E-state index is 12.3. The highest BCUT2D eigenvalue weighted by atomic mass is 16.5. The first-order valence-electron chi connectivity index (χ1n) is 8.42. The Morgan fingerprint density at radius 3 is 2.50 bits per heavy atom. The van der Waals surface area contributed by atoms with Crippen LogP contribution in [0.4, 0.5) is 0 Å². The zero-order chi connectivity index (χ0) is 17.5. The van der Waals surface area contributed by atoms with E-state index in [4.69, 9.17) is 14.2 Å². The molecule has 1 aliphatic rings. The molecular weight excluding hydrogens is 308 g/mol. The van der Waals surface area contributed by atoms with Crippen LogP contribution in [-0.2, 0) is 25.7 Å². The summed E-state index contributed by atoms with van der Waals surface area (Å²) in [6, 6.07) is 7.56. The van der Waals surface area contributed by atoms with E-state index in [1.54, 1.807) is 14.0 Å². The average Bonchev–Trinajstić information content (AvgIpc) is 2.62. The third-order valence-electron chi connectivity index (χ3n) is 4.67. The lowest BCUT2D eigenvalue weighted by Crippen LogP contribution is -2.40. The summed E-state index contributed by atoms with van der Waals surface area (Å²) in [5.74, 6) is -0.0723. The second-order valence-electron chi connectivity index (χ2n) is 6.25. The Morgan fingerprint density at radius 2 is 1.92 bits per heavy atom. The molecule has 24 heavy (non-hydrogen) atoms. The third-order valence-corrected chi connectivity index (χ3v) is 4.67. The Morgan fingerprint density at radius 1 is 1.21 bits per heavy atom. The molecule has 0 heterocycles. The van der Waals surface area contributed by atoms with Gasteiger partial charge in [-0.25, -0.2) is 0 Å². The van der Waals surface area contributed by atoms with Crippen LogP contribution in [0, 0.1) is 11.8 Å². The van der Waals surface area contributed by atoms with Gasteiger partial charge in [-0.15, -0.1) is 0 Å². The minimum absolute atomic E-state index is 0.191. The molecule has 0 N–H and O–H groups in total. The molecular formula is C19H26O5. The van der Waals surface area contributed by atoms with E-state index in [1.165, 1.54) is 7.11 Å². The molecule has 1 aliphatic carbocycles. The molecule has 0 spiro atoms. The van der Waals surface area contributed by atoms with Crippen LogP contribution in [0.15, 0.2) is 24.3 Å². The smallest absolute Gasteiger partial charge is 0.311 e. The minimum atomic E-state index is -0.472. The van der Waals surface area contributed by atoms with Gasteiger partial charge >= 0.3 is 5.97 Å². The molecule has 5 nitrogen and oxygen atoms in total. The summed E-state index contributed by atoms with van der Waals surface area (Å²) in [5, 5.41) is 0. The largest absolute Gasteiger partial charge is 0.497 e. The molecule has 5 heteroatoms. The molecule has 1 fully saturated rings. The van der Waals surface area contributed by atoms with E-state index in [9.17, 15) is 9.59 Å². The quantitative estimate of drug-likeness (QED) is 0.717. The summed E-state index contributed by atoms with van der Waals surface area (Å²) in [5.41, 5.74) is 0.973. The second kappa shape index (κ2) is 8.83. The average molecular weight is 334 g/mol. The number of esters is 1. The Bertz CT molecular complexity index is 551. The first-order valence-corrected chi connectivity index (χ1v) is 8.42. The molecule has 0 radical (unpaired) electrons. The molecule has 0 bridgehead atoms. The van der Waals surface area contributed by atoms with Crippen molar-refractivity contribution in [3.05, 3.63) is 29.8 Å². The standard InChI is InChI=1S/C19H26O5/c1-13(19(21)23-3)18(16-6-4-5-7-17(16)20)24-12-14-8-10-15(22-2)11-9-14/h8-11,13,16,18H,4-7,12H2,1-3H3/t13-,16?,18-/m0/s1. The fraction of sp³-hybridized carbons (Fsp3) is 0.579. The van der Waals surface area contributed by atoms with E-state index >= 15 is 0 Å². The van der Waals surface area contributed by atoms with Gasteiger partial charge in [0.2, 0.25) is 0 Å². The molecule has 0 amide bonds.